The number of rotatable bonds is 5. The Bertz CT molecular complexity index is 789. The molecule has 0 radical (unpaired) electrons. The van der Waals surface area contributed by atoms with Crippen LogP contribution in [0.2, 0.25) is 0 Å². The molecule has 0 saturated carbocycles. The summed E-state index contributed by atoms with van der Waals surface area (Å²) in [4.78, 5) is 9.12. The average molecular weight is 367 g/mol. The lowest BCUT2D eigenvalue weighted by atomic mass is 10.1. The molecule has 0 bridgehead atoms. The van der Waals surface area contributed by atoms with Crippen molar-refractivity contribution < 1.29 is 14.2 Å². The molecule has 1 saturated heterocycles. The van der Waals surface area contributed by atoms with Crippen LogP contribution in [-0.2, 0) is 16.1 Å². The van der Waals surface area contributed by atoms with E-state index in [1.54, 1.807) is 7.11 Å². The molecule has 0 aromatic heterocycles. The van der Waals surface area contributed by atoms with Crippen molar-refractivity contribution in [1.29, 1.82) is 0 Å². The van der Waals surface area contributed by atoms with Crippen LogP contribution in [0.25, 0.3) is 0 Å². The molecule has 142 valence electrons. The van der Waals surface area contributed by atoms with E-state index >= 15 is 0 Å². The van der Waals surface area contributed by atoms with Crippen LogP contribution in [0.5, 0.6) is 5.75 Å². The molecule has 3 heterocycles. The third-order valence-electron chi connectivity index (χ3n) is 5.06. The highest BCUT2D eigenvalue weighted by Crippen LogP contribution is 2.28. The van der Waals surface area contributed by atoms with Gasteiger partial charge in [0.15, 0.2) is 5.88 Å². The van der Waals surface area contributed by atoms with Crippen LogP contribution in [0.1, 0.15) is 5.56 Å². The number of hydrogen-bond donors (Lipinski definition) is 0. The van der Waals surface area contributed by atoms with E-state index in [9.17, 15) is 0 Å². The van der Waals surface area contributed by atoms with Crippen molar-refractivity contribution in [3.05, 3.63) is 65.3 Å². The summed E-state index contributed by atoms with van der Waals surface area (Å²) in [5.41, 5.74) is 3.29. The van der Waals surface area contributed by atoms with Crippen molar-refractivity contribution in [1.82, 2.24) is 9.80 Å². The van der Waals surface area contributed by atoms with Gasteiger partial charge < -0.3 is 24.0 Å². The molecule has 0 spiro atoms. The van der Waals surface area contributed by atoms with Gasteiger partial charge in [-0.3, -0.25) is 4.99 Å². The van der Waals surface area contributed by atoms with E-state index in [2.05, 4.69) is 20.9 Å². The van der Waals surface area contributed by atoms with Crippen molar-refractivity contribution >= 4 is 6.21 Å². The fourth-order valence-electron chi connectivity index (χ4n) is 3.41. The van der Waals surface area contributed by atoms with Gasteiger partial charge in [-0.1, -0.05) is 12.1 Å². The average Bonchev–Trinajstić information content (AvgIpc) is 2.74. The zero-order valence-electron chi connectivity index (χ0n) is 15.8. The number of likely N-dealkylation sites (N-methyl/N-ethyl adjacent to an activating group) is 1. The van der Waals surface area contributed by atoms with Crippen LogP contribution in [0.15, 0.2) is 64.8 Å². The molecule has 1 fully saturated rings. The van der Waals surface area contributed by atoms with Gasteiger partial charge in [-0.2, -0.15) is 0 Å². The topological polar surface area (TPSA) is 46.5 Å². The lowest BCUT2D eigenvalue weighted by molar-refractivity contribution is 0.0558. The van der Waals surface area contributed by atoms with Gasteiger partial charge in [0, 0.05) is 20.1 Å². The Morgan fingerprint density at radius 1 is 1.15 bits per heavy atom. The second-order valence-electron chi connectivity index (χ2n) is 6.74. The Morgan fingerprint density at radius 2 is 1.93 bits per heavy atom. The fraction of sp³-hybridized carbons (Fsp3) is 0.381. The quantitative estimate of drug-likeness (QED) is 0.800. The normalized spacial score (nSPS) is 21.9. The smallest absolute Gasteiger partial charge is 0.190 e. The fourth-order valence-corrected chi connectivity index (χ4v) is 3.41. The number of methoxy groups -OCH3 is 1. The number of dihydropyridines is 1. The second-order valence-corrected chi connectivity index (χ2v) is 6.74. The Labute approximate surface area is 160 Å². The van der Waals surface area contributed by atoms with Crippen LogP contribution in [-0.4, -0.2) is 62.5 Å². The van der Waals surface area contributed by atoms with Crippen molar-refractivity contribution in [2.24, 2.45) is 4.99 Å². The first-order valence-corrected chi connectivity index (χ1v) is 9.23. The highest BCUT2D eigenvalue weighted by molar-refractivity contribution is 5.81. The second kappa shape index (κ2) is 7.88. The maximum absolute atomic E-state index is 6.07. The summed E-state index contributed by atoms with van der Waals surface area (Å²) in [6, 6.07) is 8.02. The third-order valence-corrected chi connectivity index (χ3v) is 5.06. The number of aliphatic imine (C=N–C) groups is 1. The molecule has 4 rings (SSSR count). The van der Waals surface area contributed by atoms with E-state index in [4.69, 9.17) is 14.2 Å². The molecule has 3 aliphatic heterocycles. The molecule has 1 aromatic carbocycles. The van der Waals surface area contributed by atoms with Gasteiger partial charge in [0.2, 0.25) is 0 Å². The molecular weight excluding hydrogens is 342 g/mol. The molecule has 1 atom stereocenters. The number of morpholine rings is 1. The lowest BCUT2D eigenvalue weighted by Gasteiger charge is -2.37. The maximum atomic E-state index is 6.07. The molecule has 1 aromatic rings. The van der Waals surface area contributed by atoms with Crippen LogP contribution in [0.4, 0.5) is 0 Å². The third kappa shape index (κ3) is 3.85. The van der Waals surface area contributed by atoms with Gasteiger partial charge in [0.1, 0.15) is 12.4 Å². The van der Waals surface area contributed by atoms with E-state index in [0.717, 1.165) is 54.9 Å². The Morgan fingerprint density at radius 3 is 2.67 bits per heavy atom. The highest BCUT2D eigenvalue weighted by Gasteiger charge is 2.27. The van der Waals surface area contributed by atoms with E-state index in [1.807, 2.05) is 49.7 Å². The summed E-state index contributed by atoms with van der Waals surface area (Å²) in [7, 11) is 3.72. The SMILES string of the molecule is COc1ccc(COC2=CC=C3N=CC(N4CCOCC4)=CC3N2C)cc1. The first kappa shape index (κ1) is 17.7. The summed E-state index contributed by atoms with van der Waals surface area (Å²) in [6.45, 7) is 3.86. The van der Waals surface area contributed by atoms with Gasteiger partial charge in [-0.15, -0.1) is 0 Å². The van der Waals surface area contributed by atoms with Crippen LogP contribution in [0.3, 0.4) is 0 Å². The molecular formula is C21H25N3O3. The standard InChI is InChI=1S/C21H25N3O3/c1-23-20-13-17(24-9-11-26-12-10-24)14-22-19(20)7-8-21(23)27-15-16-3-5-18(25-2)6-4-16/h3-8,13-14,20H,9-12,15H2,1-2H3. The monoisotopic (exact) mass is 367 g/mol. The highest BCUT2D eigenvalue weighted by atomic mass is 16.5. The molecule has 27 heavy (non-hydrogen) atoms. The number of allylic oxidation sites excluding steroid dienone is 3. The van der Waals surface area contributed by atoms with Crippen molar-refractivity contribution in [3.63, 3.8) is 0 Å². The van der Waals surface area contributed by atoms with E-state index in [-0.39, 0.29) is 6.04 Å². The van der Waals surface area contributed by atoms with E-state index < -0.39 is 0 Å². The van der Waals surface area contributed by atoms with Crippen LogP contribution in [0, 0.1) is 0 Å². The first-order chi connectivity index (χ1) is 13.2. The number of benzene rings is 1. The summed E-state index contributed by atoms with van der Waals surface area (Å²) in [5, 5.41) is 0. The predicted octanol–water partition coefficient (Wildman–Crippen LogP) is 2.55. The Kier molecular flexibility index (Phi) is 5.16. The molecule has 1 unspecified atom stereocenters. The van der Waals surface area contributed by atoms with Crippen molar-refractivity contribution in [2.45, 2.75) is 12.6 Å². The minimum Gasteiger partial charge on any atom is -0.497 e. The zero-order valence-corrected chi connectivity index (χ0v) is 15.8. The number of fused-ring (bicyclic) bond motifs is 1. The van der Waals surface area contributed by atoms with Gasteiger partial charge in [0.05, 0.1) is 44.0 Å². The van der Waals surface area contributed by atoms with Crippen molar-refractivity contribution in [2.75, 3.05) is 40.5 Å². The zero-order chi connectivity index (χ0) is 18.6. The Balaban J connectivity index is 1.43. The first-order valence-electron chi connectivity index (χ1n) is 9.23. The minimum atomic E-state index is 0.0868. The van der Waals surface area contributed by atoms with Gasteiger partial charge >= 0.3 is 0 Å². The molecule has 6 heteroatoms. The molecule has 6 nitrogen and oxygen atoms in total. The van der Waals surface area contributed by atoms with Gasteiger partial charge in [-0.25, -0.2) is 0 Å². The minimum absolute atomic E-state index is 0.0868. The summed E-state index contributed by atoms with van der Waals surface area (Å²) in [6.07, 6.45) is 8.24. The van der Waals surface area contributed by atoms with Crippen molar-refractivity contribution in [3.8, 4) is 5.75 Å². The largest absolute Gasteiger partial charge is 0.497 e. The van der Waals surface area contributed by atoms with E-state index in [1.165, 1.54) is 0 Å². The number of hydrogen-bond acceptors (Lipinski definition) is 6. The summed E-state index contributed by atoms with van der Waals surface area (Å²) < 4.78 is 16.7. The molecule has 0 N–H and O–H groups in total. The molecule has 0 amide bonds. The Hall–Kier alpha value is -2.73. The summed E-state index contributed by atoms with van der Waals surface area (Å²) in [5.74, 6) is 1.69. The van der Waals surface area contributed by atoms with Gasteiger partial charge in [0.25, 0.3) is 0 Å². The van der Waals surface area contributed by atoms with Crippen LogP contribution < -0.4 is 4.74 Å². The molecule has 0 aliphatic carbocycles. The lowest BCUT2D eigenvalue weighted by Crippen LogP contribution is -2.40. The summed E-state index contributed by atoms with van der Waals surface area (Å²) >= 11 is 0. The number of nitrogens with zero attached hydrogens (tertiary/aromatic N) is 3. The number of ether oxygens (including phenoxy) is 3. The molecule has 3 aliphatic rings. The van der Waals surface area contributed by atoms with E-state index in [0.29, 0.717) is 6.61 Å². The van der Waals surface area contributed by atoms with Crippen LogP contribution >= 0.6 is 0 Å². The predicted molar refractivity (Wildman–Crippen MR) is 104 cm³/mol. The maximum Gasteiger partial charge on any atom is 0.190 e. The van der Waals surface area contributed by atoms with Gasteiger partial charge in [-0.05, 0) is 35.9 Å².